The fraction of sp³-hybridized carbons (Fsp3) is 0.391. The van der Waals surface area contributed by atoms with Crippen LogP contribution in [0.15, 0.2) is 57.5 Å². The van der Waals surface area contributed by atoms with E-state index in [-0.39, 0.29) is 18.5 Å². The molecule has 0 aliphatic rings. The normalized spacial score (nSPS) is 13.2. The highest BCUT2D eigenvalue weighted by atomic mass is 79.9. The molecule has 0 unspecified atom stereocenters. The van der Waals surface area contributed by atoms with Crippen LogP contribution in [0.3, 0.4) is 0 Å². The first-order chi connectivity index (χ1) is 15.4. The van der Waals surface area contributed by atoms with Crippen molar-refractivity contribution in [1.82, 2.24) is 10.2 Å². The molecule has 1 N–H and O–H groups in total. The maximum atomic E-state index is 13.4. The van der Waals surface area contributed by atoms with Crippen LogP contribution in [0.25, 0.3) is 0 Å². The summed E-state index contributed by atoms with van der Waals surface area (Å²) >= 11 is 6.73. The van der Waals surface area contributed by atoms with Gasteiger partial charge in [-0.15, -0.1) is 0 Å². The van der Waals surface area contributed by atoms with Crippen molar-refractivity contribution >= 4 is 59.4 Å². The Morgan fingerprint density at radius 2 is 1.67 bits per heavy atom. The second-order valence-corrected chi connectivity index (χ2v) is 11.6. The molecule has 0 saturated carbocycles. The van der Waals surface area contributed by atoms with E-state index in [0.717, 1.165) is 27.0 Å². The van der Waals surface area contributed by atoms with Crippen LogP contribution >= 0.6 is 31.9 Å². The van der Waals surface area contributed by atoms with E-state index in [0.29, 0.717) is 10.2 Å². The lowest BCUT2D eigenvalue weighted by molar-refractivity contribution is -0.139. The predicted octanol–water partition coefficient (Wildman–Crippen LogP) is 4.31. The maximum Gasteiger partial charge on any atom is 0.244 e. The Morgan fingerprint density at radius 3 is 2.21 bits per heavy atom. The van der Waals surface area contributed by atoms with Crippen molar-refractivity contribution in [3.8, 4) is 0 Å². The van der Waals surface area contributed by atoms with Crippen molar-refractivity contribution in [2.75, 3.05) is 17.1 Å². The average molecular weight is 603 g/mol. The average Bonchev–Trinajstić information content (AvgIpc) is 2.75. The van der Waals surface area contributed by atoms with Crippen LogP contribution in [0.1, 0.15) is 32.8 Å². The Morgan fingerprint density at radius 1 is 1.03 bits per heavy atom. The highest BCUT2D eigenvalue weighted by molar-refractivity contribution is 9.10. The Kier molecular flexibility index (Phi) is 9.93. The van der Waals surface area contributed by atoms with Crippen molar-refractivity contribution in [1.29, 1.82) is 0 Å². The molecule has 0 aliphatic heterocycles. The summed E-state index contributed by atoms with van der Waals surface area (Å²) in [6.45, 7) is 5.24. The van der Waals surface area contributed by atoms with Gasteiger partial charge in [-0.1, -0.05) is 57.0 Å². The highest BCUT2D eigenvalue weighted by Gasteiger charge is 2.30. The molecule has 0 heterocycles. The summed E-state index contributed by atoms with van der Waals surface area (Å²) in [5, 5.41) is 2.90. The Hall–Kier alpha value is -1.91. The van der Waals surface area contributed by atoms with E-state index in [4.69, 9.17) is 0 Å². The lowest BCUT2D eigenvalue weighted by Gasteiger charge is -2.32. The molecule has 0 aromatic heterocycles. The van der Waals surface area contributed by atoms with Gasteiger partial charge in [-0.2, -0.15) is 0 Å². The van der Waals surface area contributed by atoms with E-state index in [1.165, 1.54) is 4.90 Å². The van der Waals surface area contributed by atoms with Crippen LogP contribution in [0, 0.1) is 0 Å². The summed E-state index contributed by atoms with van der Waals surface area (Å²) < 4.78 is 27.7. The molecule has 0 saturated heterocycles. The van der Waals surface area contributed by atoms with Crippen LogP contribution in [0.2, 0.25) is 0 Å². The van der Waals surface area contributed by atoms with Gasteiger partial charge in [0.05, 0.1) is 11.9 Å². The summed E-state index contributed by atoms with van der Waals surface area (Å²) in [7, 11) is -3.75. The minimum absolute atomic E-state index is 0.0428. The zero-order chi connectivity index (χ0) is 24.8. The van der Waals surface area contributed by atoms with Crippen LogP contribution in [0.5, 0.6) is 0 Å². The van der Waals surface area contributed by atoms with Gasteiger partial charge >= 0.3 is 0 Å². The SMILES string of the molecule is CC[C@H](C)NC(=O)[C@@H](C)N(Cc1ccc(Br)cc1)C(=O)CN(c1cccc(Br)c1)S(C)(=O)=O. The first-order valence-corrected chi connectivity index (χ1v) is 13.9. The number of nitrogens with one attached hydrogen (secondary N) is 1. The number of carbonyl (C=O) groups is 2. The third kappa shape index (κ3) is 8.12. The molecule has 0 spiro atoms. The van der Waals surface area contributed by atoms with Crippen LogP contribution in [0.4, 0.5) is 5.69 Å². The first-order valence-electron chi connectivity index (χ1n) is 10.5. The summed E-state index contributed by atoms with van der Waals surface area (Å²) in [5.41, 5.74) is 1.18. The molecule has 0 aliphatic carbocycles. The Bertz CT molecular complexity index is 1080. The van der Waals surface area contributed by atoms with Gasteiger partial charge in [-0.3, -0.25) is 13.9 Å². The van der Waals surface area contributed by atoms with Crippen LogP contribution in [-0.2, 0) is 26.2 Å². The third-order valence-electron chi connectivity index (χ3n) is 5.21. The minimum Gasteiger partial charge on any atom is -0.352 e. The number of amides is 2. The van der Waals surface area contributed by atoms with E-state index >= 15 is 0 Å². The van der Waals surface area contributed by atoms with Gasteiger partial charge in [0.25, 0.3) is 0 Å². The number of sulfonamides is 1. The molecule has 0 bridgehead atoms. The zero-order valence-electron chi connectivity index (χ0n) is 19.1. The highest BCUT2D eigenvalue weighted by Crippen LogP contribution is 2.23. The van der Waals surface area contributed by atoms with Crippen molar-refractivity contribution in [2.24, 2.45) is 0 Å². The van der Waals surface area contributed by atoms with Crippen LogP contribution in [-0.4, -0.2) is 50.0 Å². The Labute approximate surface area is 212 Å². The van der Waals surface area contributed by atoms with E-state index in [9.17, 15) is 18.0 Å². The van der Waals surface area contributed by atoms with Gasteiger partial charge in [0, 0.05) is 21.5 Å². The lowest BCUT2D eigenvalue weighted by atomic mass is 10.1. The van der Waals surface area contributed by atoms with Gasteiger partial charge in [-0.25, -0.2) is 8.42 Å². The second-order valence-electron chi connectivity index (χ2n) is 7.89. The van der Waals surface area contributed by atoms with Gasteiger partial charge in [-0.05, 0) is 56.2 Å². The fourth-order valence-electron chi connectivity index (χ4n) is 3.08. The number of rotatable bonds is 10. The van der Waals surface area contributed by atoms with Gasteiger partial charge in [0.15, 0.2) is 0 Å². The van der Waals surface area contributed by atoms with Gasteiger partial charge < -0.3 is 10.2 Å². The fourth-order valence-corrected chi connectivity index (χ4v) is 4.57. The Balaban J connectivity index is 2.37. The maximum absolute atomic E-state index is 13.4. The van der Waals surface area contributed by atoms with E-state index in [2.05, 4.69) is 37.2 Å². The smallest absolute Gasteiger partial charge is 0.244 e. The molecule has 0 fully saturated rings. The van der Waals surface area contributed by atoms with E-state index in [1.807, 2.05) is 38.1 Å². The van der Waals surface area contributed by atoms with Crippen LogP contribution < -0.4 is 9.62 Å². The monoisotopic (exact) mass is 601 g/mol. The molecule has 2 aromatic rings. The van der Waals surface area contributed by atoms with Gasteiger partial charge in [0.1, 0.15) is 12.6 Å². The molecule has 2 atom stereocenters. The standard InChI is InChI=1S/C23H29Br2N3O4S/c1-5-16(2)26-23(30)17(3)27(14-18-9-11-19(24)12-10-18)22(29)15-28(33(4,31)32)21-8-6-7-20(25)13-21/h6-13,16-17H,5,14-15H2,1-4H3,(H,26,30)/t16-,17+/m0/s1. The number of carbonyl (C=O) groups excluding carboxylic acids is 2. The summed E-state index contributed by atoms with van der Waals surface area (Å²) in [4.78, 5) is 27.7. The molecular weight excluding hydrogens is 574 g/mol. The summed E-state index contributed by atoms with van der Waals surface area (Å²) in [6.07, 6.45) is 1.81. The zero-order valence-corrected chi connectivity index (χ0v) is 23.1. The second kappa shape index (κ2) is 12.0. The molecular formula is C23H29Br2N3O4S. The quantitative estimate of drug-likeness (QED) is 0.439. The number of hydrogen-bond acceptors (Lipinski definition) is 4. The number of hydrogen-bond donors (Lipinski definition) is 1. The molecule has 2 aromatic carbocycles. The molecule has 10 heteroatoms. The minimum atomic E-state index is -3.75. The van der Waals surface area contributed by atoms with E-state index < -0.39 is 28.5 Å². The number of benzene rings is 2. The number of nitrogens with zero attached hydrogens (tertiary/aromatic N) is 2. The topological polar surface area (TPSA) is 86.8 Å². The number of halogens is 2. The van der Waals surface area contributed by atoms with Crippen molar-refractivity contribution in [3.63, 3.8) is 0 Å². The largest absolute Gasteiger partial charge is 0.352 e. The first kappa shape index (κ1) is 27.3. The molecule has 180 valence electrons. The molecule has 7 nitrogen and oxygen atoms in total. The lowest BCUT2D eigenvalue weighted by Crippen LogP contribution is -2.52. The van der Waals surface area contributed by atoms with Crippen molar-refractivity contribution in [3.05, 3.63) is 63.0 Å². The summed E-state index contributed by atoms with van der Waals surface area (Å²) in [5.74, 6) is -0.765. The van der Waals surface area contributed by atoms with Crippen molar-refractivity contribution in [2.45, 2.75) is 45.8 Å². The van der Waals surface area contributed by atoms with E-state index in [1.54, 1.807) is 31.2 Å². The molecule has 2 rings (SSSR count). The van der Waals surface area contributed by atoms with Crippen molar-refractivity contribution < 1.29 is 18.0 Å². The predicted molar refractivity (Wildman–Crippen MR) is 138 cm³/mol. The summed E-state index contributed by atoms with van der Waals surface area (Å²) in [6, 6.07) is 13.3. The van der Waals surface area contributed by atoms with Gasteiger partial charge in [0.2, 0.25) is 21.8 Å². The molecule has 0 radical (unpaired) electrons. The molecule has 33 heavy (non-hydrogen) atoms. The third-order valence-corrected chi connectivity index (χ3v) is 7.37. The number of anilines is 1. The molecule has 2 amide bonds.